The van der Waals surface area contributed by atoms with Crippen molar-refractivity contribution in [2.24, 2.45) is 11.8 Å². The summed E-state index contributed by atoms with van der Waals surface area (Å²) in [5, 5.41) is 0. The summed E-state index contributed by atoms with van der Waals surface area (Å²) in [6, 6.07) is 10.8. The minimum absolute atomic E-state index is 0.493. The van der Waals surface area contributed by atoms with E-state index in [1.807, 2.05) is 7.11 Å². The maximum atomic E-state index is 5.54. The highest BCUT2D eigenvalue weighted by Crippen LogP contribution is 2.42. The highest BCUT2D eigenvalue weighted by atomic mass is 16.4. The van der Waals surface area contributed by atoms with E-state index in [0.29, 0.717) is 6.92 Å². The third-order valence-electron chi connectivity index (χ3n) is 4.22. The van der Waals surface area contributed by atoms with E-state index in [9.17, 15) is 0 Å². The van der Waals surface area contributed by atoms with Crippen molar-refractivity contribution in [3.8, 4) is 0 Å². The average Bonchev–Trinajstić information content (AvgIpc) is 2.38. The Hall–Kier alpha value is -1.02. The zero-order chi connectivity index (χ0) is 11.7. The van der Waals surface area contributed by atoms with Gasteiger partial charge in [0.25, 0.3) is 6.92 Å². The maximum Gasteiger partial charge on any atom is 0.293 e. The van der Waals surface area contributed by atoms with Crippen LogP contribution in [0.1, 0.15) is 18.4 Å². The first-order valence-corrected chi connectivity index (χ1v) is 6.64. The van der Waals surface area contributed by atoms with Crippen molar-refractivity contribution in [2.75, 3.05) is 7.11 Å². The van der Waals surface area contributed by atoms with E-state index in [-0.39, 0.29) is 0 Å². The SMILES string of the molecule is COB1C[C@@H]2C=C(c3ccccc3)C[C@H](C1)C2. The topological polar surface area (TPSA) is 9.23 Å². The second-order valence-corrected chi connectivity index (χ2v) is 5.45. The number of hydrogen-bond donors (Lipinski definition) is 0. The molecule has 2 atom stereocenters. The molecule has 1 fully saturated rings. The Balaban J connectivity index is 1.83. The summed E-state index contributed by atoms with van der Waals surface area (Å²) in [5.41, 5.74) is 2.97. The predicted molar refractivity (Wildman–Crippen MR) is 73.0 cm³/mol. The van der Waals surface area contributed by atoms with Gasteiger partial charge in [-0.2, -0.15) is 0 Å². The van der Waals surface area contributed by atoms with Crippen molar-refractivity contribution >= 4 is 12.5 Å². The smallest absolute Gasteiger partial charge is 0.293 e. The van der Waals surface area contributed by atoms with Crippen molar-refractivity contribution in [3.05, 3.63) is 42.0 Å². The lowest BCUT2D eigenvalue weighted by molar-refractivity contribution is 0.349. The average molecular weight is 226 g/mol. The van der Waals surface area contributed by atoms with Crippen LogP contribution in [0.3, 0.4) is 0 Å². The fraction of sp³-hybridized carbons (Fsp3) is 0.467. The molecule has 1 aliphatic carbocycles. The van der Waals surface area contributed by atoms with Gasteiger partial charge in [-0.15, -0.1) is 0 Å². The standard InChI is InChI=1S/C15H19BO/c1-17-16-10-12-7-13(11-16)9-15(8-12)14-5-3-2-4-6-14/h2-6,8,12-13H,7,9-11H2,1H3/t12-,13+/m0/s1. The molecule has 0 radical (unpaired) electrons. The van der Waals surface area contributed by atoms with Gasteiger partial charge in [0.05, 0.1) is 0 Å². The van der Waals surface area contributed by atoms with Crippen molar-refractivity contribution in [3.63, 3.8) is 0 Å². The van der Waals surface area contributed by atoms with E-state index in [1.165, 1.54) is 31.0 Å². The molecule has 1 aromatic carbocycles. The van der Waals surface area contributed by atoms with Crippen LogP contribution in [0.4, 0.5) is 0 Å². The Morgan fingerprint density at radius 1 is 1.18 bits per heavy atom. The molecular formula is C15H19BO. The van der Waals surface area contributed by atoms with E-state index in [4.69, 9.17) is 4.65 Å². The molecule has 0 aromatic heterocycles. The summed E-state index contributed by atoms with van der Waals surface area (Å²) in [7, 11) is 1.85. The van der Waals surface area contributed by atoms with Crippen LogP contribution in [0.25, 0.3) is 5.57 Å². The predicted octanol–water partition coefficient (Wildman–Crippen LogP) is 3.75. The van der Waals surface area contributed by atoms with Crippen molar-refractivity contribution in [2.45, 2.75) is 25.5 Å². The molecule has 0 unspecified atom stereocenters. The lowest BCUT2D eigenvalue weighted by atomic mass is 9.47. The van der Waals surface area contributed by atoms with Crippen LogP contribution in [-0.2, 0) is 4.65 Å². The molecule has 3 rings (SSSR count). The number of fused-ring (bicyclic) bond motifs is 2. The van der Waals surface area contributed by atoms with Gasteiger partial charge in [0.1, 0.15) is 0 Å². The van der Waals surface area contributed by atoms with E-state index in [0.717, 1.165) is 11.8 Å². The zero-order valence-electron chi connectivity index (χ0n) is 10.4. The van der Waals surface area contributed by atoms with Crippen LogP contribution < -0.4 is 0 Å². The first kappa shape index (κ1) is 11.1. The molecule has 0 spiro atoms. The molecule has 0 saturated carbocycles. The summed E-state index contributed by atoms with van der Waals surface area (Å²) in [5.74, 6) is 1.57. The third-order valence-corrected chi connectivity index (χ3v) is 4.22. The van der Waals surface area contributed by atoms with Gasteiger partial charge in [-0.1, -0.05) is 36.4 Å². The minimum Gasteiger partial charge on any atom is -0.438 e. The van der Waals surface area contributed by atoms with Crippen LogP contribution >= 0.6 is 0 Å². The van der Waals surface area contributed by atoms with Gasteiger partial charge in [-0.05, 0) is 48.5 Å². The van der Waals surface area contributed by atoms with Gasteiger partial charge in [-0.3, -0.25) is 0 Å². The molecule has 1 aromatic rings. The molecule has 2 bridgehead atoms. The Morgan fingerprint density at radius 2 is 2.00 bits per heavy atom. The number of rotatable bonds is 2. The minimum atomic E-state index is 0.493. The molecule has 1 nitrogen and oxygen atoms in total. The molecule has 0 amide bonds. The highest BCUT2D eigenvalue weighted by molar-refractivity contribution is 6.52. The summed E-state index contributed by atoms with van der Waals surface area (Å²) >= 11 is 0. The third kappa shape index (κ3) is 2.32. The highest BCUT2D eigenvalue weighted by Gasteiger charge is 2.34. The molecular weight excluding hydrogens is 207 g/mol. The molecule has 1 saturated heterocycles. The van der Waals surface area contributed by atoms with E-state index in [2.05, 4.69) is 36.4 Å². The second kappa shape index (κ2) is 4.69. The largest absolute Gasteiger partial charge is 0.438 e. The van der Waals surface area contributed by atoms with Gasteiger partial charge in [0.2, 0.25) is 0 Å². The van der Waals surface area contributed by atoms with Crippen LogP contribution in [0, 0.1) is 11.8 Å². The summed E-state index contributed by atoms with van der Waals surface area (Å²) in [6.07, 6.45) is 7.56. The van der Waals surface area contributed by atoms with E-state index >= 15 is 0 Å². The number of allylic oxidation sites excluding steroid dienone is 2. The first-order valence-electron chi connectivity index (χ1n) is 6.64. The molecule has 2 aliphatic rings. The van der Waals surface area contributed by atoms with Crippen LogP contribution in [0.2, 0.25) is 12.6 Å². The summed E-state index contributed by atoms with van der Waals surface area (Å²) in [6.45, 7) is 0.493. The number of benzene rings is 1. The lowest BCUT2D eigenvalue weighted by Crippen LogP contribution is -2.32. The molecule has 2 heteroatoms. The Morgan fingerprint density at radius 3 is 2.71 bits per heavy atom. The van der Waals surface area contributed by atoms with Crippen LogP contribution in [0.5, 0.6) is 0 Å². The fourth-order valence-electron chi connectivity index (χ4n) is 3.45. The maximum absolute atomic E-state index is 5.54. The lowest BCUT2D eigenvalue weighted by Gasteiger charge is -2.36. The zero-order valence-corrected chi connectivity index (χ0v) is 10.4. The van der Waals surface area contributed by atoms with Crippen molar-refractivity contribution in [1.29, 1.82) is 0 Å². The van der Waals surface area contributed by atoms with Gasteiger partial charge in [0.15, 0.2) is 0 Å². The fourth-order valence-corrected chi connectivity index (χ4v) is 3.45. The van der Waals surface area contributed by atoms with E-state index < -0.39 is 0 Å². The van der Waals surface area contributed by atoms with Gasteiger partial charge in [0, 0.05) is 7.11 Å². The number of hydrogen-bond acceptors (Lipinski definition) is 1. The molecule has 1 heterocycles. The Labute approximate surface area is 104 Å². The quantitative estimate of drug-likeness (QED) is 0.698. The molecule has 88 valence electrons. The second-order valence-electron chi connectivity index (χ2n) is 5.45. The van der Waals surface area contributed by atoms with Crippen molar-refractivity contribution < 1.29 is 4.65 Å². The molecule has 1 aliphatic heterocycles. The van der Waals surface area contributed by atoms with Gasteiger partial charge in [-0.25, -0.2) is 0 Å². The van der Waals surface area contributed by atoms with Gasteiger partial charge < -0.3 is 4.65 Å². The normalized spacial score (nSPS) is 27.8. The monoisotopic (exact) mass is 226 g/mol. The van der Waals surface area contributed by atoms with Crippen molar-refractivity contribution in [1.82, 2.24) is 0 Å². The Kier molecular flexibility index (Phi) is 3.06. The van der Waals surface area contributed by atoms with Gasteiger partial charge >= 0.3 is 0 Å². The van der Waals surface area contributed by atoms with Crippen LogP contribution in [-0.4, -0.2) is 14.0 Å². The van der Waals surface area contributed by atoms with Crippen LogP contribution in [0.15, 0.2) is 36.4 Å². The Bertz CT molecular complexity index is 412. The molecule has 17 heavy (non-hydrogen) atoms. The summed E-state index contributed by atoms with van der Waals surface area (Å²) in [4.78, 5) is 0. The van der Waals surface area contributed by atoms with E-state index in [1.54, 1.807) is 5.57 Å². The molecule has 0 N–H and O–H groups in total. The summed E-state index contributed by atoms with van der Waals surface area (Å²) < 4.78 is 5.54. The first-order chi connectivity index (χ1) is 8.35.